The van der Waals surface area contributed by atoms with Crippen LogP contribution in [0.25, 0.3) is 0 Å². The molecule has 176 valence electrons. The molecule has 1 atom stereocenters. The van der Waals surface area contributed by atoms with Gasteiger partial charge in [0.25, 0.3) is 0 Å². The van der Waals surface area contributed by atoms with Gasteiger partial charge in [-0.05, 0) is 36.0 Å². The number of ether oxygens (including phenoxy) is 1. The quantitative estimate of drug-likeness (QED) is 0.636. The maximum atomic E-state index is 13.2. The van der Waals surface area contributed by atoms with Gasteiger partial charge in [-0.2, -0.15) is 0 Å². The Balaban J connectivity index is 1.27. The van der Waals surface area contributed by atoms with E-state index in [0.29, 0.717) is 45.2 Å². The van der Waals surface area contributed by atoms with Crippen molar-refractivity contribution in [1.82, 2.24) is 20.1 Å². The third-order valence-corrected chi connectivity index (χ3v) is 6.70. The molecule has 7 nitrogen and oxygen atoms in total. The number of amides is 2. The van der Waals surface area contributed by atoms with Gasteiger partial charge in [0.15, 0.2) is 0 Å². The zero-order chi connectivity index (χ0) is 22.9. The van der Waals surface area contributed by atoms with Gasteiger partial charge in [0.05, 0.1) is 12.6 Å². The Hall–Kier alpha value is -2.77. The molecule has 1 saturated heterocycles. The molecule has 33 heavy (non-hydrogen) atoms. The minimum Gasteiger partial charge on any atom is -0.367 e. The van der Waals surface area contributed by atoms with E-state index in [0.717, 1.165) is 24.0 Å². The van der Waals surface area contributed by atoms with E-state index < -0.39 is 0 Å². The van der Waals surface area contributed by atoms with Gasteiger partial charge >= 0.3 is 0 Å². The molecule has 1 saturated carbocycles. The van der Waals surface area contributed by atoms with Crippen LogP contribution in [0.4, 0.5) is 0 Å². The summed E-state index contributed by atoms with van der Waals surface area (Å²) in [4.78, 5) is 34.1. The second-order valence-electron chi connectivity index (χ2n) is 8.96. The highest BCUT2D eigenvalue weighted by atomic mass is 16.5. The van der Waals surface area contributed by atoms with Gasteiger partial charge < -0.3 is 15.0 Å². The zero-order valence-corrected chi connectivity index (χ0v) is 19.2. The van der Waals surface area contributed by atoms with Crippen LogP contribution >= 0.6 is 0 Å². The molecule has 2 aromatic rings. The number of piperazine rings is 1. The minimum atomic E-state index is -0.129. The van der Waals surface area contributed by atoms with Crippen LogP contribution in [0.5, 0.6) is 0 Å². The number of carbonyl (C=O) groups excluding carboxylic acids is 2. The summed E-state index contributed by atoms with van der Waals surface area (Å²) < 4.78 is 5.63. The molecule has 0 spiro atoms. The smallest absolute Gasteiger partial charge is 0.248 e. The van der Waals surface area contributed by atoms with Gasteiger partial charge in [0, 0.05) is 45.1 Å². The van der Waals surface area contributed by atoms with Crippen molar-refractivity contribution in [3.05, 3.63) is 66.0 Å². The van der Waals surface area contributed by atoms with Crippen LogP contribution in [0, 0.1) is 5.92 Å². The third-order valence-electron chi connectivity index (χ3n) is 6.70. The molecule has 7 heteroatoms. The Labute approximate surface area is 196 Å². The van der Waals surface area contributed by atoms with Gasteiger partial charge in [0.1, 0.15) is 6.61 Å². The summed E-state index contributed by atoms with van der Waals surface area (Å²) in [5.41, 5.74) is 2.06. The number of aromatic nitrogens is 1. The van der Waals surface area contributed by atoms with E-state index in [9.17, 15) is 9.59 Å². The molecule has 1 aliphatic carbocycles. The number of hydrogen-bond acceptors (Lipinski definition) is 5. The lowest BCUT2D eigenvalue weighted by Gasteiger charge is -2.40. The van der Waals surface area contributed by atoms with E-state index in [1.807, 2.05) is 47.4 Å². The van der Waals surface area contributed by atoms with E-state index in [2.05, 4.69) is 15.2 Å². The van der Waals surface area contributed by atoms with Crippen molar-refractivity contribution in [2.45, 2.75) is 44.9 Å². The Morgan fingerprint density at radius 1 is 1.00 bits per heavy atom. The van der Waals surface area contributed by atoms with Crippen molar-refractivity contribution in [2.75, 3.05) is 32.8 Å². The Bertz CT molecular complexity index is 879. The van der Waals surface area contributed by atoms with Crippen LogP contribution in [0.15, 0.2) is 54.9 Å². The second kappa shape index (κ2) is 11.9. The first-order valence-electron chi connectivity index (χ1n) is 12.0. The normalized spacial score (nSPS) is 18.2. The summed E-state index contributed by atoms with van der Waals surface area (Å²) >= 11 is 0. The summed E-state index contributed by atoms with van der Waals surface area (Å²) in [6, 6.07) is 13.6. The van der Waals surface area contributed by atoms with Crippen molar-refractivity contribution in [2.24, 2.45) is 5.92 Å². The molecule has 1 N–H and O–H groups in total. The zero-order valence-electron chi connectivity index (χ0n) is 19.2. The maximum absolute atomic E-state index is 13.2. The largest absolute Gasteiger partial charge is 0.367 e. The Morgan fingerprint density at radius 3 is 2.42 bits per heavy atom. The highest BCUT2D eigenvalue weighted by Gasteiger charge is 2.37. The molecule has 1 aromatic carbocycles. The first-order chi connectivity index (χ1) is 16.2. The fraction of sp³-hybridized carbons (Fsp3) is 0.500. The van der Waals surface area contributed by atoms with Crippen LogP contribution in [0.1, 0.15) is 36.8 Å². The third kappa shape index (κ3) is 6.62. The average Bonchev–Trinajstić information content (AvgIpc) is 3.39. The molecule has 2 fully saturated rings. The highest BCUT2D eigenvalue weighted by molar-refractivity contribution is 5.82. The van der Waals surface area contributed by atoms with Gasteiger partial charge in [-0.25, -0.2) is 0 Å². The van der Waals surface area contributed by atoms with Crippen molar-refractivity contribution < 1.29 is 14.3 Å². The summed E-state index contributed by atoms with van der Waals surface area (Å²) in [6.45, 7) is 3.71. The van der Waals surface area contributed by atoms with Crippen molar-refractivity contribution >= 4 is 11.8 Å². The Kier molecular flexibility index (Phi) is 8.44. The number of rotatable bonds is 9. The second-order valence-corrected chi connectivity index (χ2v) is 8.96. The van der Waals surface area contributed by atoms with Gasteiger partial charge in [-0.15, -0.1) is 0 Å². The van der Waals surface area contributed by atoms with Crippen LogP contribution < -0.4 is 5.32 Å². The number of nitrogens with zero attached hydrogens (tertiary/aromatic N) is 3. The van der Waals surface area contributed by atoms with Crippen LogP contribution in [0.3, 0.4) is 0 Å². The molecule has 1 aliphatic heterocycles. The number of hydrogen-bond donors (Lipinski definition) is 1. The van der Waals surface area contributed by atoms with Gasteiger partial charge in [-0.1, -0.05) is 49.2 Å². The van der Waals surface area contributed by atoms with Crippen LogP contribution in [-0.2, 0) is 27.5 Å². The molecule has 0 radical (unpaired) electrons. The van der Waals surface area contributed by atoms with Crippen molar-refractivity contribution in [3.63, 3.8) is 0 Å². The molecule has 0 bridgehead atoms. The first-order valence-corrected chi connectivity index (χ1v) is 12.0. The lowest BCUT2D eigenvalue weighted by atomic mass is 9.95. The lowest BCUT2D eigenvalue weighted by Crippen LogP contribution is -2.58. The SMILES string of the molecule is O=C(NCc1cccnc1)C(C1CCCC1)N1CCN(C(=O)COCc2ccccc2)CC1. The van der Waals surface area contributed by atoms with E-state index in [-0.39, 0.29) is 24.5 Å². The number of pyridine rings is 1. The minimum absolute atomic E-state index is 0.0176. The molecule has 2 heterocycles. The Morgan fingerprint density at radius 2 is 1.73 bits per heavy atom. The van der Waals surface area contributed by atoms with E-state index in [4.69, 9.17) is 4.74 Å². The van der Waals surface area contributed by atoms with Crippen LogP contribution in [-0.4, -0.2) is 65.4 Å². The van der Waals surface area contributed by atoms with E-state index in [1.165, 1.54) is 12.8 Å². The standard InChI is InChI=1S/C26H34N4O3/c31-24(20-33-19-21-7-2-1-3-8-21)29-13-15-30(16-14-29)25(23-10-4-5-11-23)26(32)28-18-22-9-6-12-27-17-22/h1-3,6-9,12,17,23,25H,4-5,10-11,13-16,18-20H2,(H,28,32). The van der Waals surface area contributed by atoms with Crippen molar-refractivity contribution in [1.29, 1.82) is 0 Å². The molecule has 1 unspecified atom stereocenters. The topological polar surface area (TPSA) is 74.8 Å². The molecular weight excluding hydrogens is 416 g/mol. The molecule has 2 aliphatic rings. The average molecular weight is 451 g/mol. The molecule has 4 rings (SSSR count). The molecule has 1 aromatic heterocycles. The molecule has 2 amide bonds. The fourth-order valence-corrected chi connectivity index (χ4v) is 4.92. The predicted octanol–water partition coefficient (Wildman–Crippen LogP) is 2.62. The highest BCUT2D eigenvalue weighted by Crippen LogP contribution is 2.31. The summed E-state index contributed by atoms with van der Waals surface area (Å²) in [7, 11) is 0. The summed E-state index contributed by atoms with van der Waals surface area (Å²) in [6.07, 6.45) is 8.09. The number of carbonyl (C=O) groups is 2. The van der Waals surface area contributed by atoms with E-state index >= 15 is 0 Å². The van der Waals surface area contributed by atoms with Gasteiger partial charge in [0.2, 0.25) is 11.8 Å². The predicted molar refractivity (Wildman–Crippen MR) is 126 cm³/mol. The van der Waals surface area contributed by atoms with Crippen LogP contribution in [0.2, 0.25) is 0 Å². The monoisotopic (exact) mass is 450 g/mol. The fourth-order valence-electron chi connectivity index (χ4n) is 4.92. The lowest BCUT2D eigenvalue weighted by molar-refractivity contribution is -0.139. The molecular formula is C26H34N4O3. The van der Waals surface area contributed by atoms with Crippen molar-refractivity contribution in [3.8, 4) is 0 Å². The number of benzene rings is 1. The number of nitrogens with one attached hydrogen (secondary N) is 1. The maximum Gasteiger partial charge on any atom is 0.248 e. The van der Waals surface area contributed by atoms with E-state index in [1.54, 1.807) is 12.4 Å². The summed E-state index contributed by atoms with van der Waals surface area (Å²) in [5, 5.41) is 3.13. The first kappa shape index (κ1) is 23.4. The summed E-state index contributed by atoms with van der Waals surface area (Å²) in [5.74, 6) is 0.496. The van der Waals surface area contributed by atoms with Gasteiger partial charge in [-0.3, -0.25) is 19.5 Å².